The molecule has 2 aliphatic heterocycles. The highest BCUT2D eigenvalue weighted by atomic mass is 35.5. The van der Waals surface area contributed by atoms with Crippen LogP contribution in [0.4, 0.5) is 5.69 Å². The third-order valence-electron chi connectivity index (χ3n) is 8.22. The van der Waals surface area contributed by atoms with Crippen molar-refractivity contribution < 1.29 is 28.9 Å². The molecule has 3 aromatic carbocycles. The number of ether oxygens (including phenoxy) is 3. The summed E-state index contributed by atoms with van der Waals surface area (Å²) in [4.78, 5) is 28.6. The molecule has 222 valence electrons. The molecule has 0 aliphatic carbocycles. The summed E-state index contributed by atoms with van der Waals surface area (Å²) in [6, 6.07) is 14.5. The van der Waals surface area contributed by atoms with Crippen LogP contribution in [0.1, 0.15) is 60.5 Å². The lowest BCUT2D eigenvalue weighted by Crippen LogP contribution is -2.35. The molecule has 42 heavy (non-hydrogen) atoms. The number of rotatable bonds is 10. The van der Waals surface area contributed by atoms with Crippen LogP contribution in [0.2, 0.25) is 5.02 Å². The zero-order chi connectivity index (χ0) is 30.0. The van der Waals surface area contributed by atoms with Gasteiger partial charge in [0.05, 0.1) is 19.1 Å². The first kappa shape index (κ1) is 29.7. The maximum Gasteiger partial charge on any atom is 0.309 e. The van der Waals surface area contributed by atoms with Gasteiger partial charge in [0.1, 0.15) is 5.75 Å². The first-order valence-electron chi connectivity index (χ1n) is 14.4. The minimum atomic E-state index is -0.918. The number of hydrogen-bond acceptors (Lipinski definition) is 6. The van der Waals surface area contributed by atoms with Crippen molar-refractivity contribution in [3.05, 3.63) is 81.4 Å². The number of hydrogen-bond donors (Lipinski definition) is 2. The fourth-order valence-electron chi connectivity index (χ4n) is 6.30. The number of anilines is 1. The van der Waals surface area contributed by atoms with Gasteiger partial charge in [0, 0.05) is 29.2 Å². The van der Waals surface area contributed by atoms with Crippen LogP contribution in [0.3, 0.4) is 0 Å². The van der Waals surface area contributed by atoms with Gasteiger partial charge in [-0.3, -0.25) is 14.5 Å². The monoisotopic (exact) mass is 592 g/mol. The minimum Gasteiger partial charge on any atom is -0.494 e. The summed E-state index contributed by atoms with van der Waals surface area (Å²) in [5, 5.41) is 14.4. The second-order valence-corrected chi connectivity index (χ2v) is 11.2. The van der Waals surface area contributed by atoms with Crippen LogP contribution in [0, 0.1) is 12.8 Å². The van der Waals surface area contributed by atoms with Gasteiger partial charge in [-0.25, -0.2) is 0 Å². The molecule has 0 bridgehead atoms. The molecule has 5 rings (SSSR count). The number of amides is 1. The summed E-state index contributed by atoms with van der Waals surface area (Å²) in [5.74, 6) is -0.335. The lowest BCUT2D eigenvalue weighted by atomic mass is 9.81. The van der Waals surface area contributed by atoms with Gasteiger partial charge >= 0.3 is 5.97 Å². The predicted molar refractivity (Wildman–Crippen MR) is 162 cm³/mol. The Bertz CT molecular complexity index is 1450. The largest absolute Gasteiger partial charge is 0.494 e. The Hall–Kier alpha value is -3.75. The molecule has 1 unspecified atom stereocenters. The number of carboxylic acids is 1. The molecule has 1 saturated heterocycles. The van der Waals surface area contributed by atoms with E-state index in [0.717, 1.165) is 33.5 Å². The molecule has 0 saturated carbocycles. The molecule has 2 heterocycles. The molecule has 0 radical (unpaired) electrons. The SMILES string of the molecule is CCOc1ccc([C@H]2C(C(=O)O)[C@@H](c3cc4c(cc3C)OCO4)CN2CC(=O)Nc2c(CC)cc(Cl)cc2CC)cc1. The van der Waals surface area contributed by atoms with E-state index < -0.39 is 17.9 Å². The number of fused-ring (bicyclic) bond motifs is 1. The van der Waals surface area contributed by atoms with E-state index in [1.54, 1.807) is 0 Å². The number of carbonyl (C=O) groups excluding carboxylic acids is 1. The van der Waals surface area contributed by atoms with Crippen molar-refractivity contribution in [2.24, 2.45) is 5.92 Å². The van der Waals surface area contributed by atoms with Crippen LogP contribution in [0.15, 0.2) is 48.5 Å². The van der Waals surface area contributed by atoms with Crippen LogP contribution in [-0.2, 0) is 22.4 Å². The highest BCUT2D eigenvalue weighted by Gasteiger charge is 2.48. The maximum absolute atomic E-state index is 13.7. The standard InChI is InChI=1S/C33H37ClN2O6/c1-5-20-13-23(34)14-21(6-2)31(20)35-29(37)17-36-16-26(25-15-28-27(12-19(25)4)41-18-42-28)30(33(38)39)32(36)22-8-10-24(11-9-22)40-7-3/h8-15,26,30,32H,5-7,16-18H2,1-4H3,(H,35,37)(H,38,39)/t26-,30?,32+/m1/s1. The molecule has 2 N–H and O–H groups in total. The van der Waals surface area contributed by atoms with Gasteiger partial charge in [0.25, 0.3) is 0 Å². The van der Waals surface area contributed by atoms with E-state index in [9.17, 15) is 14.7 Å². The number of nitrogens with one attached hydrogen (secondary N) is 1. The summed E-state index contributed by atoms with van der Waals surface area (Å²) in [5.41, 5.74) is 5.33. The highest BCUT2D eigenvalue weighted by molar-refractivity contribution is 6.30. The Morgan fingerprint density at radius 3 is 2.26 bits per heavy atom. The third-order valence-corrected chi connectivity index (χ3v) is 8.43. The van der Waals surface area contributed by atoms with Gasteiger partial charge in [-0.15, -0.1) is 0 Å². The van der Waals surface area contributed by atoms with E-state index in [0.29, 0.717) is 48.3 Å². The van der Waals surface area contributed by atoms with Gasteiger partial charge in [-0.05, 0) is 90.9 Å². The lowest BCUT2D eigenvalue weighted by Gasteiger charge is -2.27. The molecule has 0 spiro atoms. The van der Waals surface area contributed by atoms with Crippen molar-refractivity contribution in [2.45, 2.75) is 52.5 Å². The number of carbonyl (C=O) groups is 2. The zero-order valence-electron chi connectivity index (χ0n) is 24.4. The molecular formula is C33H37ClN2O6. The molecule has 8 nitrogen and oxygen atoms in total. The second-order valence-electron chi connectivity index (χ2n) is 10.8. The number of halogens is 1. The fourth-order valence-corrected chi connectivity index (χ4v) is 6.56. The molecule has 3 aromatic rings. The number of carboxylic acid groups (broad SMARTS) is 1. The smallest absolute Gasteiger partial charge is 0.309 e. The van der Waals surface area contributed by atoms with Crippen LogP contribution < -0.4 is 19.5 Å². The van der Waals surface area contributed by atoms with Crippen molar-refractivity contribution in [3.63, 3.8) is 0 Å². The predicted octanol–water partition coefficient (Wildman–Crippen LogP) is 6.38. The zero-order valence-corrected chi connectivity index (χ0v) is 25.2. The van der Waals surface area contributed by atoms with Crippen molar-refractivity contribution in [2.75, 3.05) is 31.8 Å². The quantitative estimate of drug-likeness (QED) is 0.282. The van der Waals surface area contributed by atoms with Gasteiger partial charge in [0.15, 0.2) is 11.5 Å². The van der Waals surface area contributed by atoms with Crippen LogP contribution in [0.5, 0.6) is 17.2 Å². The number of aryl methyl sites for hydroxylation is 3. The van der Waals surface area contributed by atoms with E-state index in [-0.39, 0.29) is 25.2 Å². The maximum atomic E-state index is 13.7. The van der Waals surface area contributed by atoms with Gasteiger partial charge in [0.2, 0.25) is 12.7 Å². The van der Waals surface area contributed by atoms with E-state index in [2.05, 4.69) is 5.32 Å². The Kier molecular flexibility index (Phi) is 8.94. The molecule has 1 fully saturated rings. The summed E-state index contributed by atoms with van der Waals surface area (Å²) in [7, 11) is 0. The van der Waals surface area contributed by atoms with Crippen molar-refractivity contribution in [1.82, 2.24) is 4.90 Å². The average Bonchev–Trinajstić information content (AvgIpc) is 3.57. The number of benzene rings is 3. The molecule has 9 heteroatoms. The molecule has 3 atom stereocenters. The van der Waals surface area contributed by atoms with Crippen LogP contribution in [0.25, 0.3) is 0 Å². The average molecular weight is 593 g/mol. The number of nitrogens with zero attached hydrogens (tertiary/aromatic N) is 1. The number of likely N-dealkylation sites (tertiary alicyclic amines) is 1. The van der Waals surface area contributed by atoms with E-state index in [4.69, 9.17) is 25.8 Å². The second kappa shape index (κ2) is 12.6. The van der Waals surface area contributed by atoms with Gasteiger partial charge in [-0.2, -0.15) is 0 Å². The summed E-state index contributed by atoms with van der Waals surface area (Å²) >= 11 is 6.34. The Balaban J connectivity index is 1.51. The third kappa shape index (κ3) is 5.92. The topological polar surface area (TPSA) is 97.3 Å². The van der Waals surface area contributed by atoms with Gasteiger partial charge in [-0.1, -0.05) is 37.6 Å². The lowest BCUT2D eigenvalue weighted by molar-refractivity contribution is -0.143. The van der Waals surface area contributed by atoms with Crippen molar-refractivity contribution in [3.8, 4) is 17.2 Å². The molecule has 2 aliphatic rings. The number of aliphatic carboxylic acids is 1. The molecule has 0 aromatic heterocycles. The Morgan fingerprint density at radius 1 is 1.02 bits per heavy atom. The first-order chi connectivity index (χ1) is 20.2. The van der Waals surface area contributed by atoms with Gasteiger partial charge < -0.3 is 24.6 Å². The molecule has 1 amide bonds. The van der Waals surface area contributed by atoms with E-state index in [1.165, 1.54) is 0 Å². The van der Waals surface area contributed by atoms with E-state index in [1.807, 2.05) is 81.1 Å². The van der Waals surface area contributed by atoms with Crippen molar-refractivity contribution >= 4 is 29.2 Å². The van der Waals surface area contributed by atoms with Crippen LogP contribution >= 0.6 is 11.6 Å². The van der Waals surface area contributed by atoms with Crippen LogP contribution in [-0.4, -0.2) is 48.4 Å². The first-order valence-corrected chi connectivity index (χ1v) is 14.8. The Morgan fingerprint density at radius 2 is 1.67 bits per heavy atom. The van der Waals surface area contributed by atoms with E-state index >= 15 is 0 Å². The Labute approximate surface area is 251 Å². The normalized spacial score (nSPS) is 19.6. The highest BCUT2D eigenvalue weighted by Crippen LogP contribution is 2.49. The summed E-state index contributed by atoms with van der Waals surface area (Å²) in [6.45, 7) is 8.99. The molecular weight excluding hydrogens is 556 g/mol. The summed E-state index contributed by atoms with van der Waals surface area (Å²) < 4.78 is 16.8. The minimum absolute atomic E-state index is 0.0245. The fraction of sp³-hybridized carbons (Fsp3) is 0.394. The van der Waals surface area contributed by atoms with Crippen molar-refractivity contribution in [1.29, 1.82) is 0 Å². The summed E-state index contributed by atoms with van der Waals surface area (Å²) in [6.07, 6.45) is 1.43.